The van der Waals surface area contributed by atoms with E-state index in [1.165, 1.54) is 0 Å². The summed E-state index contributed by atoms with van der Waals surface area (Å²) in [5.74, 6) is 1.21. The van der Waals surface area contributed by atoms with E-state index in [2.05, 4.69) is 32.6 Å². The average molecular weight is 182 g/mol. The van der Waals surface area contributed by atoms with Gasteiger partial charge in [0.1, 0.15) is 0 Å². The quantitative estimate of drug-likeness (QED) is 0.626. The van der Waals surface area contributed by atoms with Gasteiger partial charge in [0.2, 0.25) is 0 Å². The molecule has 0 saturated heterocycles. The highest BCUT2D eigenvalue weighted by Crippen LogP contribution is 2.18. The second-order valence-electron chi connectivity index (χ2n) is 3.98. The smallest absolute Gasteiger partial charge is 0.0431 e. The molecular weight excluding hydrogens is 160 g/mol. The number of hydrogen-bond donors (Lipinski definition) is 1. The first kappa shape index (κ1) is 12.4. The first-order valence-corrected chi connectivity index (χ1v) is 5.02. The summed E-state index contributed by atoms with van der Waals surface area (Å²) >= 11 is 0. The highest BCUT2D eigenvalue weighted by Gasteiger charge is 2.08. The maximum absolute atomic E-state index is 8.73. The monoisotopic (exact) mass is 182 g/mol. The summed E-state index contributed by atoms with van der Waals surface area (Å²) in [5, 5.41) is 8.73. The minimum Gasteiger partial charge on any atom is -0.396 e. The standard InChI is InChI=1S/C12H22O/c1-10(2)7-8-12(11(3)4)6-5-9-13/h7-8,11-13H,1,5-6,9H2,2-4H3/b8-7+. The third-order valence-electron chi connectivity index (χ3n) is 2.18. The van der Waals surface area contributed by atoms with E-state index in [1.54, 1.807) is 0 Å². The zero-order chi connectivity index (χ0) is 10.3. The Kier molecular flexibility index (Phi) is 6.61. The van der Waals surface area contributed by atoms with Crippen molar-refractivity contribution < 1.29 is 5.11 Å². The largest absolute Gasteiger partial charge is 0.396 e. The van der Waals surface area contributed by atoms with Gasteiger partial charge in [0.05, 0.1) is 0 Å². The number of rotatable bonds is 6. The first-order valence-electron chi connectivity index (χ1n) is 5.02. The van der Waals surface area contributed by atoms with E-state index < -0.39 is 0 Å². The van der Waals surface area contributed by atoms with Crippen molar-refractivity contribution in [2.75, 3.05) is 6.61 Å². The zero-order valence-electron chi connectivity index (χ0n) is 9.09. The van der Waals surface area contributed by atoms with E-state index in [4.69, 9.17) is 5.11 Å². The number of aliphatic hydroxyl groups excluding tert-OH is 1. The fraction of sp³-hybridized carbons (Fsp3) is 0.667. The molecule has 0 aliphatic heterocycles. The lowest BCUT2D eigenvalue weighted by Gasteiger charge is -2.16. The third-order valence-corrected chi connectivity index (χ3v) is 2.18. The maximum atomic E-state index is 8.73. The summed E-state index contributed by atoms with van der Waals surface area (Å²) in [6, 6.07) is 0. The van der Waals surface area contributed by atoms with Crippen molar-refractivity contribution >= 4 is 0 Å². The van der Waals surface area contributed by atoms with Crippen LogP contribution in [0.1, 0.15) is 33.6 Å². The molecule has 0 aromatic rings. The molecule has 1 heteroatoms. The molecule has 0 heterocycles. The van der Waals surface area contributed by atoms with Gasteiger partial charge in [-0.1, -0.05) is 38.2 Å². The Morgan fingerprint density at radius 2 is 2.08 bits per heavy atom. The fourth-order valence-corrected chi connectivity index (χ4v) is 1.27. The van der Waals surface area contributed by atoms with Crippen molar-refractivity contribution in [2.24, 2.45) is 11.8 Å². The van der Waals surface area contributed by atoms with Gasteiger partial charge in [0, 0.05) is 6.61 Å². The molecule has 0 aliphatic carbocycles. The predicted octanol–water partition coefficient (Wildman–Crippen LogP) is 3.16. The van der Waals surface area contributed by atoms with Crippen LogP contribution in [0.15, 0.2) is 24.3 Å². The molecule has 0 fully saturated rings. The van der Waals surface area contributed by atoms with Crippen molar-refractivity contribution in [1.29, 1.82) is 0 Å². The van der Waals surface area contributed by atoms with Crippen LogP contribution in [0.2, 0.25) is 0 Å². The van der Waals surface area contributed by atoms with Gasteiger partial charge in [-0.15, -0.1) is 0 Å². The van der Waals surface area contributed by atoms with Crippen LogP contribution in [-0.2, 0) is 0 Å². The molecule has 0 aliphatic rings. The van der Waals surface area contributed by atoms with E-state index in [1.807, 2.05) is 6.92 Å². The molecule has 0 rings (SSSR count). The second-order valence-corrected chi connectivity index (χ2v) is 3.98. The Morgan fingerprint density at radius 3 is 2.46 bits per heavy atom. The molecule has 76 valence electrons. The summed E-state index contributed by atoms with van der Waals surface area (Å²) in [7, 11) is 0. The van der Waals surface area contributed by atoms with Gasteiger partial charge in [0.25, 0.3) is 0 Å². The van der Waals surface area contributed by atoms with Crippen LogP contribution in [-0.4, -0.2) is 11.7 Å². The topological polar surface area (TPSA) is 20.2 Å². The summed E-state index contributed by atoms with van der Waals surface area (Å²) < 4.78 is 0. The molecular formula is C12H22O. The van der Waals surface area contributed by atoms with E-state index >= 15 is 0 Å². The van der Waals surface area contributed by atoms with Gasteiger partial charge < -0.3 is 5.11 Å². The maximum Gasteiger partial charge on any atom is 0.0431 e. The molecule has 1 nitrogen and oxygen atoms in total. The van der Waals surface area contributed by atoms with Crippen LogP contribution in [0.25, 0.3) is 0 Å². The minimum atomic E-state index is 0.296. The van der Waals surface area contributed by atoms with Gasteiger partial charge in [-0.3, -0.25) is 0 Å². The Bertz CT molecular complexity index is 168. The van der Waals surface area contributed by atoms with E-state index in [0.717, 1.165) is 18.4 Å². The molecule has 0 spiro atoms. The summed E-state index contributed by atoms with van der Waals surface area (Å²) in [6.07, 6.45) is 6.24. The van der Waals surface area contributed by atoms with Crippen LogP contribution in [0, 0.1) is 11.8 Å². The SMILES string of the molecule is C=C(C)/C=C/C(CCCO)C(C)C. The Labute approximate surface area is 82.2 Å². The van der Waals surface area contributed by atoms with Gasteiger partial charge in [-0.05, 0) is 31.6 Å². The lowest BCUT2D eigenvalue weighted by Crippen LogP contribution is -2.06. The van der Waals surface area contributed by atoms with E-state index in [0.29, 0.717) is 18.4 Å². The van der Waals surface area contributed by atoms with Crippen molar-refractivity contribution in [3.63, 3.8) is 0 Å². The van der Waals surface area contributed by atoms with Crippen molar-refractivity contribution in [3.8, 4) is 0 Å². The van der Waals surface area contributed by atoms with Gasteiger partial charge in [-0.2, -0.15) is 0 Å². The molecule has 13 heavy (non-hydrogen) atoms. The molecule has 0 saturated carbocycles. The highest BCUT2D eigenvalue weighted by molar-refractivity contribution is 5.12. The minimum absolute atomic E-state index is 0.296. The van der Waals surface area contributed by atoms with Gasteiger partial charge >= 0.3 is 0 Å². The molecule has 0 aromatic heterocycles. The molecule has 1 atom stereocenters. The van der Waals surface area contributed by atoms with Crippen LogP contribution in [0.4, 0.5) is 0 Å². The molecule has 0 radical (unpaired) electrons. The summed E-state index contributed by atoms with van der Waals surface area (Å²) in [6.45, 7) is 10.6. The molecule has 1 unspecified atom stereocenters. The third kappa shape index (κ3) is 6.59. The Balaban J connectivity index is 4.01. The van der Waals surface area contributed by atoms with Gasteiger partial charge in [0.15, 0.2) is 0 Å². The zero-order valence-corrected chi connectivity index (χ0v) is 9.09. The number of hydrogen-bond acceptors (Lipinski definition) is 1. The molecule has 0 aromatic carbocycles. The highest BCUT2D eigenvalue weighted by atomic mass is 16.2. The number of allylic oxidation sites excluding steroid dienone is 3. The van der Waals surface area contributed by atoms with Crippen LogP contribution in [0.3, 0.4) is 0 Å². The average Bonchev–Trinajstić information content (AvgIpc) is 2.03. The lowest BCUT2D eigenvalue weighted by atomic mass is 9.90. The van der Waals surface area contributed by atoms with E-state index in [9.17, 15) is 0 Å². The molecule has 1 N–H and O–H groups in total. The normalized spacial score (nSPS) is 13.9. The van der Waals surface area contributed by atoms with Crippen molar-refractivity contribution in [2.45, 2.75) is 33.6 Å². The predicted molar refractivity (Wildman–Crippen MR) is 58.6 cm³/mol. The van der Waals surface area contributed by atoms with Crippen molar-refractivity contribution in [1.82, 2.24) is 0 Å². The lowest BCUT2D eigenvalue weighted by molar-refractivity contribution is 0.268. The van der Waals surface area contributed by atoms with Crippen LogP contribution >= 0.6 is 0 Å². The summed E-state index contributed by atoms with van der Waals surface area (Å²) in [5.41, 5.74) is 1.09. The number of aliphatic hydroxyl groups is 1. The Morgan fingerprint density at radius 1 is 1.46 bits per heavy atom. The van der Waals surface area contributed by atoms with Gasteiger partial charge in [-0.25, -0.2) is 0 Å². The van der Waals surface area contributed by atoms with Crippen LogP contribution < -0.4 is 0 Å². The second kappa shape index (κ2) is 6.90. The summed E-state index contributed by atoms with van der Waals surface area (Å²) in [4.78, 5) is 0. The molecule has 0 bridgehead atoms. The van der Waals surface area contributed by atoms with E-state index in [-0.39, 0.29) is 0 Å². The Hall–Kier alpha value is -0.560. The first-order chi connectivity index (χ1) is 6.07. The fourth-order valence-electron chi connectivity index (χ4n) is 1.27. The van der Waals surface area contributed by atoms with Crippen molar-refractivity contribution in [3.05, 3.63) is 24.3 Å². The molecule has 0 amide bonds. The van der Waals surface area contributed by atoms with Crippen LogP contribution in [0.5, 0.6) is 0 Å².